The Hall–Kier alpha value is -2.14. The Morgan fingerprint density at radius 2 is 1.84 bits per heavy atom. The van der Waals surface area contributed by atoms with Gasteiger partial charge in [0.05, 0.1) is 5.56 Å². The number of aromatic nitrogens is 2. The zero-order chi connectivity index (χ0) is 13.8. The number of ether oxygens (including phenoxy) is 1. The van der Waals surface area contributed by atoms with Crippen molar-refractivity contribution >= 4 is 5.82 Å². The molecule has 19 heavy (non-hydrogen) atoms. The number of rotatable bonds is 4. The molecule has 0 unspecified atom stereocenters. The molecule has 0 spiro atoms. The van der Waals surface area contributed by atoms with Gasteiger partial charge in [0.1, 0.15) is 12.1 Å². The minimum Gasteiger partial charge on any atom is -0.439 e. The van der Waals surface area contributed by atoms with Crippen LogP contribution in [0.5, 0.6) is 11.6 Å². The van der Waals surface area contributed by atoms with Crippen LogP contribution in [0.1, 0.15) is 30.9 Å². The van der Waals surface area contributed by atoms with Gasteiger partial charge in [0, 0.05) is 0 Å². The molecule has 2 rings (SSSR count). The van der Waals surface area contributed by atoms with Crippen molar-refractivity contribution in [3.63, 3.8) is 0 Å². The van der Waals surface area contributed by atoms with E-state index in [1.54, 1.807) is 0 Å². The first kappa shape index (κ1) is 13.3. The third-order valence-corrected chi connectivity index (χ3v) is 2.80. The standard InChI is InChI=1S/C14H18N4O/c1-9(2)12-13(18-15)16-8-17-14(12)19-11-6-4-10(3)5-7-11/h4-9H,15H2,1-3H3,(H,16,17,18). The summed E-state index contributed by atoms with van der Waals surface area (Å²) >= 11 is 0. The Morgan fingerprint density at radius 3 is 2.42 bits per heavy atom. The van der Waals surface area contributed by atoms with Crippen molar-refractivity contribution in [1.29, 1.82) is 0 Å². The van der Waals surface area contributed by atoms with E-state index in [1.165, 1.54) is 11.9 Å². The van der Waals surface area contributed by atoms with Crippen LogP contribution in [0.3, 0.4) is 0 Å². The van der Waals surface area contributed by atoms with Crippen LogP contribution in [-0.2, 0) is 0 Å². The molecule has 0 aliphatic rings. The van der Waals surface area contributed by atoms with Gasteiger partial charge >= 0.3 is 0 Å². The number of anilines is 1. The molecule has 0 saturated heterocycles. The lowest BCUT2D eigenvalue weighted by atomic mass is 10.1. The summed E-state index contributed by atoms with van der Waals surface area (Å²) in [5, 5.41) is 0. The molecule has 100 valence electrons. The fraction of sp³-hybridized carbons (Fsp3) is 0.286. The maximum Gasteiger partial charge on any atom is 0.227 e. The third-order valence-electron chi connectivity index (χ3n) is 2.80. The maximum atomic E-state index is 5.82. The summed E-state index contributed by atoms with van der Waals surface area (Å²) < 4.78 is 5.82. The molecule has 3 N–H and O–H groups in total. The molecule has 0 amide bonds. The van der Waals surface area contributed by atoms with Gasteiger partial charge in [0.2, 0.25) is 5.88 Å². The molecular weight excluding hydrogens is 240 g/mol. The molecule has 1 heterocycles. The Morgan fingerprint density at radius 1 is 1.16 bits per heavy atom. The number of hydrazine groups is 1. The van der Waals surface area contributed by atoms with Crippen molar-refractivity contribution < 1.29 is 4.74 Å². The van der Waals surface area contributed by atoms with E-state index in [0.29, 0.717) is 11.7 Å². The average molecular weight is 258 g/mol. The third kappa shape index (κ3) is 3.00. The van der Waals surface area contributed by atoms with E-state index in [1.807, 2.05) is 45.0 Å². The summed E-state index contributed by atoms with van der Waals surface area (Å²) in [6.45, 7) is 6.12. The van der Waals surface area contributed by atoms with Gasteiger partial charge in [-0.05, 0) is 25.0 Å². The van der Waals surface area contributed by atoms with Gasteiger partial charge in [-0.1, -0.05) is 31.5 Å². The highest BCUT2D eigenvalue weighted by Crippen LogP contribution is 2.32. The van der Waals surface area contributed by atoms with Crippen molar-refractivity contribution in [2.75, 3.05) is 5.43 Å². The predicted octanol–water partition coefficient (Wildman–Crippen LogP) is 2.99. The quantitative estimate of drug-likeness (QED) is 0.651. The Bertz CT molecular complexity index is 552. The van der Waals surface area contributed by atoms with Crippen LogP contribution in [0, 0.1) is 6.92 Å². The lowest BCUT2D eigenvalue weighted by Crippen LogP contribution is -2.13. The lowest BCUT2D eigenvalue weighted by Gasteiger charge is -2.15. The van der Waals surface area contributed by atoms with Gasteiger partial charge in [0.15, 0.2) is 5.82 Å². The number of hydrogen-bond donors (Lipinski definition) is 2. The second kappa shape index (κ2) is 5.67. The largest absolute Gasteiger partial charge is 0.439 e. The van der Waals surface area contributed by atoms with Crippen molar-refractivity contribution in [2.45, 2.75) is 26.7 Å². The monoisotopic (exact) mass is 258 g/mol. The fourth-order valence-corrected chi connectivity index (χ4v) is 1.81. The first-order chi connectivity index (χ1) is 9.11. The van der Waals surface area contributed by atoms with Crippen molar-refractivity contribution in [2.24, 2.45) is 5.84 Å². The van der Waals surface area contributed by atoms with E-state index in [-0.39, 0.29) is 5.92 Å². The number of hydrogen-bond acceptors (Lipinski definition) is 5. The SMILES string of the molecule is Cc1ccc(Oc2ncnc(NN)c2C(C)C)cc1. The molecule has 0 bridgehead atoms. The number of nitrogens with zero attached hydrogens (tertiary/aromatic N) is 2. The molecule has 5 heteroatoms. The van der Waals surface area contributed by atoms with Gasteiger partial charge in [0.25, 0.3) is 0 Å². The van der Waals surface area contributed by atoms with Crippen molar-refractivity contribution in [3.8, 4) is 11.6 Å². The summed E-state index contributed by atoms with van der Waals surface area (Å²) in [5.74, 6) is 7.54. The molecule has 1 aromatic heterocycles. The zero-order valence-corrected chi connectivity index (χ0v) is 11.3. The normalized spacial score (nSPS) is 10.6. The highest BCUT2D eigenvalue weighted by Gasteiger charge is 2.16. The molecule has 0 radical (unpaired) electrons. The Labute approximate surface area is 112 Å². The number of nitrogen functional groups attached to an aromatic ring is 1. The number of nitrogens with one attached hydrogen (secondary N) is 1. The Balaban J connectivity index is 2.36. The molecule has 0 aliphatic carbocycles. The smallest absolute Gasteiger partial charge is 0.227 e. The molecule has 0 fully saturated rings. The van der Waals surface area contributed by atoms with Gasteiger partial charge in [-0.25, -0.2) is 15.8 Å². The molecule has 2 aromatic rings. The minimum absolute atomic E-state index is 0.202. The first-order valence-electron chi connectivity index (χ1n) is 6.18. The molecule has 0 saturated carbocycles. The van der Waals surface area contributed by atoms with E-state index in [0.717, 1.165) is 11.3 Å². The minimum atomic E-state index is 0.202. The lowest BCUT2D eigenvalue weighted by molar-refractivity contribution is 0.451. The van der Waals surface area contributed by atoms with E-state index in [9.17, 15) is 0 Å². The Kier molecular flexibility index (Phi) is 3.97. The van der Waals surface area contributed by atoms with Gasteiger partial charge < -0.3 is 10.2 Å². The van der Waals surface area contributed by atoms with Crippen LogP contribution in [0.25, 0.3) is 0 Å². The van der Waals surface area contributed by atoms with Crippen LogP contribution in [0.2, 0.25) is 0 Å². The second-order valence-corrected chi connectivity index (χ2v) is 4.66. The van der Waals surface area contributed by atoms with Crippen molar-refractivity contribution in [1.82, 2.24) is 9.97 Å². The van der Waals surface area contributed by atoms with Crippen LogP contribution in [0.4, 0.5) is 5.82 Å². The number of benzene rings is 1. The summed E-state index contributed by atoms with van der Waals surface area (Å²) in [4.78, 5) is 8.30. The molecule has 5 nitrogen and oxygen atoms in total. The van der Waals surface area contributed by atoms with Crippen LogP contribution >= 0.6 is 0 Å². The maximum absolute atomic E-state index is 5.82. The topological polar surface area (TPSA) is 73.1 Å². The highest BCUT2D eigenvalue weighted by atomic mass is 16.5. The number of nitrogens with two attached hydrogens (primary N) is 1. The molecular formula is C14H18N4O. The van der Waals surface area contributed by atoms with Crippen molar-refractivity contribution in [3.05, 3.63) is 41.7 Å². The fourth-order valence-electron chi connectivity index (χ4n) is 1.81. The molecule has 0 atom stereocenters. The zero-order valence-electron chi connectivity index (χ0n) is 11.3. The van der Waals surface area contributed by atoms with Crippen LogP contribution < -0.4 is 16.0 Å². The second-order valence-electron chi connectivity index (χ2n) is 4.66. The summed E-state index contributed by atoms with van der Waals surface area (Å²) in [6, 6.07) is 7.82. The van der Waals surface area contributed by atoms with E-state index < -0.39 is 0 Å². The summed E-state index contributed by atoms with van der Waals surface area (Å²) in [5.41, 5.74) is 4.63. The highest BCUT2D eigenvalue weighted by molar-refractivity contribution is 5.50. The van der Waals surface area contributed by atoms with Crippen LogP contribution in [0.15, 0.2) is 30.6 Å². The van der Waals surface area contributed by atoms with E-state index >= 15 is 0 Å². The molecule has 1 aromatic carbocycles. The summed E-state index contributed by atoms with van der Waals surface area (Å²) in [7, 11) is 0. The average Bonchev–Trinajstić information content (AvgIpc) is 2.40. The predicted molar refractivity (Wildman–Crippen MR) is 75.2 cm³/mol. The number of aryl methyl sites for hydroxylation is 1. The van der Waals surface area contributed by atoms with Gasteiger partial charge in [-0.3, -0.25) is 0 Å². The van der Waals surface area contributed by atoms with Gasteiger partial charge in [-0.15, -0.1) is 0 Å². The van der Waals surface area contributed by atoms with Gasteiger partial charge in [-0.2, -0.15) is 0 Å². The van der Waals surface area contributed by atoms with E-state index in [4.69, 9.17) is 10.6 Å². The summed E-state index contributed by atoms with van der Waals surface area (Å²) in [6.07, 6.45) is 1.44. The first-order valence-corrected chi connectivity index (χ1v) is 6.18. The van der Waals surface area contributed by atoms with Crippen LogP contribution in [-0.4, -0.2) is 9.97 Å². The van der Waals surface area contributed by atoms with E-state index in [2.05, 4.69) is 15.4 Å². The molecule has 0 aliphatic heterocycles.